The van der Waals surface area contributed by atoms with Gasteiger partial charge in [0.25, 0.3) is 0 Å². The average Bonchev–Trinajstić information content (AvgIpc) is 2.99. The molecule has 2 aliphatic rings. The Bertz CT molecular complexity index is 289. The largest absolute Gasteiger partial charge is 0.480 e. The fourth-order valence-corrected chi connectivity index (χ4v) is 4.35. The third kappa shape index (κ3) is 3.62. The topological polar surface area (TPSA) is 40.5 Å². The van der Waals surface area contributed by atoms with Crippen LogP contribution in [-0.2, 0) is 4.79 Å². The van der Waals surface area contributed by atoms with Crippen molar-refractivity contribution in [2.45, 2.75) is 39.2 Å². The van der Waals surface area contributed by atoms with Crippen molar-refractivity contribution in [3.63, 3.8) is 0 Å². The van der Waals surface area contributed by atoms with Crippen molar-refractivity contribution in [1.29, 1.82) is 0 Å². The molecule has 1 N–H and O–H groups in total. The van der Waals surface area contributed by atoms with Crippen LogP contribution in [0.1, 0.15) is 33.1 Å². The normalized spacial score (nSPS) is 28.3. The van der Waals surface area contributed by atoms with Crippen LogP contribution in [0.5, 0.6) is 0 Å². The summed E-state index contributed by atoms with van der Waals surface area (Å²) in [7, 11) is 0. The zero-order valence-corrected chi connectivity index (χ0v) is 11.6. The van der Waals surface area contributed by atoms with E-state index in [1.54, 1.807) is 0 Å². The highest BCUT2D eigenvalue weighted by Crippen LogP contribution is 2.39. The molecular weight excluding hydrogens is 234 g/mol. The molecule has 2 fully saturated rings. The van der Waals surface area contributed by atoms with E-state index in [0.717, 1.165) is 18.2 Å². The molecule has 0 amide bonds. The lowest BCUT2D eigenvalue weighted by molar-refractivity contribution is -0.139. The highest BCUT2D eigenvalue weighted by atomic mass is 32.2. The van der Waals surface area contributed by atoms with E-state index in [9.17, 15) is 4.79 Å². The summed E-state index contributed by atoms with van der Waals surface area (Å²) in [6, 6.07) is 0.429. The first-order valence-corrected chi connectivity index (χ1v) is 7.68. The molecule has 0 bridgehead atoms. The Kier molecular flexibility index (Phi) is 4.03. The van der Waals surface area contributed by atoms with Crippen molar-refractivity contribution < 1.29 is 9.90 Å². The molecule has 17 heavy (non-hydrogen) atoms. The standard InChI is InChI=1S/C13H23NO2S/c1-13(2)5-6-17-9-11(13)14(8-12(15)16)7-10-3-4-10/h10-11H,3-9H2,1-2H3,(H,15,16). The smallest absolute Gasteiger partial charge is 0.317 e. The molecule has 1 unspecified atom stereocenters. The van der Waals surface area contributed by atoms with Gasteiger partial charge in [0.1, 0.15) is 0 Å². The van der Waals surface area contributed by atoms with E-state index >= 15 is 0 Å². The molecule has 1 saturated heterocycles. The number of hydrogen-bond donors (Lipinski definition) is 1. The van der Waals surface area contributed by atoms with Crippen LogP contribution in [0.4, 0.5) is 0 Å². The van der Waals surface area contributed by atoms with Crippen molar-refractivity contribution in [2.24, 2.45) is 11.3 Å². The SMILES string of the molecule is CC1(C)CCSCC1N(CC(=O)O)CC1CC1. The lowest BCUT2D eigenvalue weighted by Crippen LogP contribution is -2.51. The van der Waals surface area contributed by atoms with Gasteiger partial charge in [0, 0.05) is 18.3 Å². The van der Waals surface area contributed by atoms with E-state index < -0.39 is 5.97 Å². The fourth-order valence-electron chi connectivity index (χ4n) is 2.63. The number of aliphatic carboxylic acids is 1. The number of carboxylic acid groups (broad SMARTS) is 1. The number of nitrogens with zero attached hydrogens (tertiary/aromatic N) is 1. The van der Waals surface area contributed by atoms with Gasteiger partial charge in [-0.15, -0.1) is 0 Å². The number of hydrogen-bond acceptors (Lipinski definition) is 3. The molecule has 1 heterocycles. The van der Waals surface area contributed by atoms with Crippen molar-refractivity contribution in [3.05, 3.63) is 0 Å². The summed E-state index contributed by atoms with van der Waals surface area (Å²) in [5.74, 6) is 2.38. The van der Waals surface area contributed by atoms with Gasteiger partial charge in [0.05, 0.1) is 6.54 Å². The second-order valence-electron chi connectivity index (χ2n) is 6.10. The average molecular weight is 257 g/mol. The van der Waals surface area contributed by atoms with E-state index in [-0.39, 0.29) is 12.0 Å². The molecule has 0 aromatic carbocycles. The molecule has 0 spiro atoms. The second-order valence-corrected chi connectivity index (χ2v) is 7.25. The number of carboxylic acids is 1. The maximum absolute atomic E-state index is 11.0. The highest BCUT2D eigenvalue weighted by molar-refractivity contribution is 7.99. The van der Waals surface area contributed by atoms with Gasteiger partial charge in [-0.05, 0) is 36.3 Å². The summed E-state index contributed by atoms with van der Waals surface area (Å²) in [4.78, 5) is 13.2. The third-order valence-corrected chi connectivity index (χ3v) is 5.08. The van der Waals surface area contributed by atoms with Crippen molar-refractivity contribution >= 4 is 17.7 Å². The first kappa shape index (κ1) is 13.2. The van der Waals surface area contributed by atoms with Gasteiger partial charge >= 0.3 is 5.97 Å². The second kappa shape index (κ2) is 5.19. The van der Waals surface area contributed by atoms with Crippen molar-refractivity contribution in [2.75, 3.05) is 24.6 Å². The molecule has 0 aromatic heterocycles. The number of rotatable bonds is 5. The van der Waals surface area contributed by atoms with E-state index in [2.05, 4.69) is 18.7 Å². The van der Waals surface area contributed by atoms with Gasteiger partial charge in [0.15, 0.2) is 0 Å². The number of carbonyl (C=O) groups is 1. The molecular formula is C13H23NO2S. The summed E-state index contributed by atoms with van der Waals surface area (Å²) in [5.41, 5.74) is 0.260. The minimum atomic E-state index is -0.683. The fraction of sp³-hybridized carbons (Fsp3) is 0.923. The molecule has 1 atom stereocenters. The molecule has 1 aliphatic heterocycles. The minimum Gasteiger partial charge on any atom is -0.480 e. The summed E-state index contributed by atoms with van der Waals surface area (Å²) in [5, 5.41) is 9.07. The summed E-state index contributed by atoms with van der Waals surface area (Å²) < 4.78 is 0. The van der Waals surface area contributed by atoms with Gasteiger partial charge in [-0.1, -0.05) is 13.8 Å². The zero-order valence-electron chi connectivity index (χ0n) is 10.8. The van der Waals surface area contributed by atoms with E-state index in [0.29, 0.717) is 6.04 Å². The molecule has 3 nitrogen and oxygen atoms in total. The first-order valence-electron chi connectivity index (χ1n) is 6.52. The third-order valence-electron chi connectivity index (χ3n) is 4.04. The van der Waals surface area contributed by atoms with Crippen molar-refractivity contribution in [3.8, 4) is 0 Å². The van der Waals surface area contributed by atoms with Crippen LogP contribution in [0.2, 0.25) is 0 Å². The van der Waals surface area contributed by atoms with Crippen LogP contribution in [0.3, 0.4) is 0 Å². The molecule has 98 valence electrons. The van der Waals surface area contributed by atoms with Crippen LogP contribution in [0, 0.1) is 11.3 Å². The van der Waals surface area contributed by atoms with Crippen molar-refractivity contribution in [1.82, 2.24) is 4.90 Å². The Morgan fingerprint density at radius 2 is 2.18 bits per heavy atom. The van der Waals surface area contributed by atoms with E-state index in [1.807, 2.05) is 11.8 Å². The van der Waals surface area contributed by atoms with Gasteiger partial charge < -0.3 is 5.11 Å². The van der Waals surface area contributed by atoms with Crippen LogP contribution in [-0.4, -0.2) is 46.6 Å². The molecule has 1 aliphatic carbocycles. The predicted molar refractivity (Wildman–Crippen MR) is 71.4 cm³/mol. The van der Waals surface area contributed by atoms with Crippen LogP contribution in [0.15, 0.2) is 0 Å². The Labute approximate surface area is 108 Å². The summed E-state index contributed by atoms with van der Waals surface area (Å²) in [6.45, 7) is 5.78. The Balaban J connectivity index is 2.03. The highest BCUT2D eigenvalue weighted by Gasteiger charge is 2.39. The van der Waals surface area contributed by atoms with Crippen LogP contribution in [0.25, 0.3) is 0 Å². The Morgan fingerprint density at radius 3 is 2.71 bits per heavy atom. The Morgan fingerprint density at radius 1 is 1.47 bits per heavy atom. The minimum absolute atomic E-state index is 0.213. The van der Waals surface area contributed by atoms with Crippen LogP contribution >= 0.6 is 11.8 Å². The van der Waals surface area contributed by atoms with Gasteiger partial charge in [-0.3, -0.25) is 9.69 Å². The molecule has 0 radical (unpaired) electrons. The molecule has 2 rings (SSSR count). The van der Waals surface area contributed by atoms with Gasteiger partial charge in [0.2, 0.25) is 0 Å². The number of thioether (sulfide) groups is 1. The Hall–Kier alpha value is -0.220. The maximum Gasteiger partial charge on any atom is 0.317 e. The zero-order chi connectivity index (χ0) is 12.5. The lowest BCUT2D eigenvalue weighted by atomic mass is 9.81. The van der Waals surface area contributed by atoms with E-state index in [4.69, 9.17) is 5.11 Å². The lowest BCUT2D eigenvalue weighted by Gasteiger charge is -2.44. The van der Waals surface area contributed by atoms with Gasteiger partial charge in [-0.25, -0.2) is 0 Å². The van der Waals surface area contributed by atoms with Gasteiger partial charge in [-0.2, -0.15) is 11.8 Å². The quantitative estimate of drug-likeness (QED) is 0.820. The van der Waals surface area contributed by atoms with Crippen LogP contribution < -0.4 is 0 Å². The summed E-state index contributed by atoms with van der Waals surface area (Å²) >= 11 is 1.97. The first-order chi connectivity index (χ1) is 7.99. The maximum atomic E-state index is 11.0. The molecule has 4 heteroatoms. The van der Waals surface area contributed by atoms with E-state index in [1.165, 1.54) is 25.0 Å². The summed E-state index contributed by atoms with van der Waals surface area (Å²) in [6.07, 6.45) is 3.77. The monoisotopic (exact) mass is 257 g/mol. The molecule has 1 saturated carbocycles. The predicted octanol–water partition coefficient (Wildman–Crippen LogP) is 2.31. The molecule has 0 aromatic rings.